The molecule has 0 radical (unpaired) electrons. The van der Waals surface area contributed by atoms with E-state index in [0.717, 1.165) is 11.3 Å². The first-order valence-electron chi connectivity index (χ1n) is 7.69. The summed E-state index contributed by atoms with van der Waals surface area (Å²) in [7, 11) is 1.55. The summed E-state index contributed by atoms with van der Waals surface area (Å²) >= 11 is 0. The highest BCUT2D eigenvalue weighted by Gasteiger charge is 2.25. The molecular formula is C18H20N4O2. The maximum atomic E-state index is 12.7. The van der Waals surface area contributed by atoms with Crippen LogP contribution in [0, 0.1) is 0 Å². The second-order valence-electron chi connectivity index (χ2n) is 6.53. The maximum Gasteiger partial charge on any atom is 0.276 e. The van der Waals surface area contributed by atoms with Crippen LogP contribution in [0.4, 0.5) is 5.69 Å². The lowest BCUT2D eigenvalue weighted by Gasteiger charge is -2.16. The molecule has 124 valence electrons. The number of hydrogen-bond donors (Lipinski definition) is 1. The lowest BCUT2D eigenvalue weighted by atomic mass is 9.96. The summed E-state index contributed by atoms with van der Waals surface area (Å²) < 4.78 is 6.98. The molecule has 0 aliphatic rings. The van der Waals surface area contributed by atoms with Gasteiger partial charge in [0.2, 0.25) is 5.88 Å². The first-order valence-corrected chi connectivity index (χ1v) is 7.69. The van der Waals surface area contributed by atoms with E-state index in [2.05, 4.69) is 36.1 Å². The maximum absolute atomic E-state index is 12.7. The number of nitrogens with zero attached hydrogens (tertiary/aromatic N) is 3. The van der Waals surface area contributed by atoms with Crippen molar-refractivity contribution in [3.05, 3.63) is 54.2 Å². The van der Waals surface area contributed by atoms with Crippen molar-refractivity contribution in [3.63, 3.8) is 0 Å². The molecule has 3 heterocycles. The van der Waals surface area contributed by atoms with Gasteiger partial charge < -0.3 is 14.5 Å². The van der Waals surface area contributed by atoms with Crippen molar-refractivity contribution in [1.82, 2.24) is 14.4 Å². The normalized spacial score (nSPS) is 11.5. The predicted molar refractivity (Wildman–Crippen MR) is 92.6 cm³/mol. The van der Waals surface area contributed by atoms with Crippen LogP contribution in [0.1, 0.15) is 37.1 Å². The number of ether oxygens (including phenoxy) is 1. The van der Waals surface area contributed by atoms with Gasteiger partial charge >= 0.3 is 0 Å². The van der Waals surface area contributed by atoms with Crippen LogP contribution in [0.3, 0.4) is 0 Å². The van der Waals surface area contributed by atoms with Gasteiger partial charge in [-0.3, -0.25) is 4.79 Å². The van der Waals surface area contributed by atoms with Crippen LogP contribution in [0.5, 0.6) is 5.88 Å². The molecule has 0 aromatic carbocycles. The summed E-state index contributed by atoms with van der Waals surface area (Å²) in [5.41, 5.74) is 1.60. The molecule has 0 aliphatic carbocycles. The second-order valence-corrected chi connectivity index (χ2v) is 6.53. The minimum Gasteiger partial charge on any atom is -0.481 e. The van der Waals surface area contributed by atoms with E-state index in [1.807, 2.05) is 28.8 Å². The average Bonchev–Trinajstić information content (AvgIpc) is 2.95. The van der Waals surface area contributed by atoms with Crippen molar-refractivity contribution in [2.24, 2.45) is 0 Å². The highest BCUT2D eigenvalue weighted by molar-refractivity contribution is 6.07. The van der Waals surface area contributed by atoms with Gasteiger partial charge in [-0.25, -0.2) is 9.97 Å². The molecule has 0 spiro atoms. The first-order chi connectivity index (χ1) is 11.4. The number of carbonyl (C=O) groups excluding carboxylic acids is 1. The molecule has 3 rings (SSSR count). The van der Waals surface area contributed by atoms with Crippen LogP contribution >= 0.6 is 0 Å². The topological polar surface area (TPSA) is 68.5 Å². The van der Waals surface area contributed by atoms with Gasteiger partial charge in [-0.1, -0.05) is 26.8 Å². The van der Waals surface area contributed by atoms with E-state index in [1.54, 1.807) is 25.4 Å². The zero-order valence-electron chi connectivity index (χ0n) is 14.2. The largest absolute Gasteiger partial charge is 0.481 e. The molecule has 0 saturated heterocycles. The van der Waals surface area contributed by atoms with Crippen molar-refractivity contribution in [2.75, 3.05) is 12.4 Å². The fourth-order valence-electron chi connectivity index (χ4n) is 2.50. The Labute approximate surface area is 140 Å². The minimum absolute atomic E-state index is 0.176. The van der Waals surface area contributed by atoms with E-state index in [0.29, 0.717) is 17.3 Å². The number of pyridine rings is 2. The molecule has 24 heavy (non-hydrogen) atoms. The Balaban J connectivity index is 1.97. The van der Waals surface area contributed by atoms with E-state index in [1.165, 1.54) is 0 Å². The van der Waals surface area contributed by atoms with Crippen molar-refractivity contribution < 1.29 is 9.53 Å². The van der Waals surface area contributed by atoms with E-state index in [4.69, 9.17) is 4.74 Å². The summed E-state index contributed by atoms with van der Waals surface area (Å²) in [5.74, 6) is 1.08. The Hall–Kier alpha value is -2.89. The summed E-state index contributed by atoms with van der Waals surface area (Å²) in [5, 5.41) is 2.83. The third kappa shape index (κ3) is 2.95. The molecule has 0 fully saturated rings. The summed E-state index contributed by atoms with van der Waals surface area (Å²) in [4.78, 5) is 21.4. The van der Waals surface area contributed by atoms with Gasteiger partial charge in [-0.05, 0) is 18.2 Å². The van der Waals surface area contributed by atoms with Crippen LogP contribution in [-0.4, -0.2) is 27.4 Å². The van der Waals surface area contributed by atoms with Crippen molar-refractivity contribution in [3.8, 4) is 5.88 Å². The Morgan fingerprint density at radius 2 is 2.00 bits per heavy atom. The lowest BCUT2D eigenvalue weighted by Crippen LogP contribution is -2.16. The smallest absolute Gasteiger partial charge is 0.276 e. The molecule has 0 bridgehead atoms. The average molecular weight is 324 g/mol. The third-order valence-corrected chi connectivity index (χ3v) is 3.64. The fourth-order valence-corrected chi connectivity index (χ4v) is 2.50. The van der Waals surface area contributed by atoms with Crippen molar-refractivity contribution in [1.29, 1.82) is 0 Å². The molecule has 3 aromatic heterocycles. The first kappa shape index (κ1) is 16.0. The van der Waals surface area contributed by atoms with E-state index in [-0.39, 0.29) is 11.3 Å². The molecule has 6 heteroatoms. The number of aromatic nitrogens is 3. The van der Waals surface area contributed by atoms with Gasteiger partial charge in [-0.2, -0.15) is 0 Å². The monoisotopic (exact) mass is 324 g/mol. The van der Waals surface area contributed by atoms with Crippen LogP contribution < -0.4 is 10.1 Å². The van der Waals surface area contributed by atoms with Gasteiger partial charge in [0, 0.05) is 17.7 Å². The van der Waals surface area contributed by atoms with Gasteiger partial charge in [0.05, 0.1) is 24.5 Å². The number of rotatable bonds is 3. The van der Waals surface area contributed by atoms with Crippen LogP contribution in [0.15, 0.2) is 42.7 Å². The number of methoxy groups -OCH3 is 1. The molecule has 0 atom stereocenters. The summed E-state index contributed by atoms with van der Waals surface area (Å²) in [6, 6.07) is 9.16. The molecular weight excluding hydrogens is 304 g/mol. The molecule has 3 aromatic rings. The number of imidazole rings is 1. The molecule has 1 amide bonds. The van der Waals surface area contributed by atoms with Gasteiger partial charge in [0.1, 0.15) is 5.82 Å². The van der Waals surface area contributed by atoms with Gasteiger partial charge in [-0.15, -0.1) is 0 Å². The predicted octanol–water partition coefficient (Wildman–Crippen LogP) is 3.29. The Morgan fingerprint density at radius 3 is 2.62 bits per heavy atom. The number of fused-ring (bicyclic) bond motifs is 1. The lowest BCUT2D eigenvalue weighted by molar-refractivity contribution is 0.102. The van der Waals surface area contributed by atoms with Crippen molar-refractivity contribution in [2.45, 2.75) is 26.2 Å². The Morgan fingerprint density at radius 1 is 1.21 bits per heavy atom. The second kappa shape index (κ2) is 5.96. The molecule has 6 nitrogen and oxygen atoms in total. The van der Waals surface area contributed by atoms with Gasteiger partial charge in [0.25, 0.3) is 5.91 Å². The number of hydrogen-bond acceptors (Lipinski definition) is 4. The number of carbonyl (C=O) groups is 1. The number of amides is 1. The summed E-state index contributed by atoms with van der Waals surface area (Å²) in [6.45, 7) is 6.22. The standard InChI is InChI=1S/C18H20N4O2/c1-18(2,3)17-21-15(13-7-5-6-10-22(13)17)16(23)20-12-8-9-14(24-4)19-11-12/h5-11H,1-4H3,(H,20,23). The minimum atomic E-state index is -0.263. The van der Waals surface area contributed by atoms with E-state index in [9.17, 15) is 4.79 Å². The van der Waals surface area contributed by atoms with Crippen molar-refractivity contribution >= 4 is 17.1 Å². The summed E-state index contributed by atoms with van der Waals surface area (Å²) in [6.07, 6.45) is 3.48. The molecule has 0 saturated carbocycles. The van der Waals surface area contributed by atoms with E-state index >= 15 is 0 Å². The number of anilines is 1. The highest BCUT2D eigenvalue weighted by atomic mass is 16.5. The van der Waals surface area contributed by atoms with Gasteiger partial charge in [0.15, 0.2) is 5.69 Å². The van der Waals surface area contributed by atoms with Crippen LogP contribution in [-0.2, 0) is 5.41 Å². The van der Waals surface area contributed by atoms with Crippen LogP contribution in [0.25, 0.3) is 5.52 Å². The molecule has 1 N–H and O–H groups in total. The Kier molecular flexibility index (Phi) is 3.97. The zero-order valence-corrected chi connectivity index (χ0v) is 14.2. The third-order valence-electron chi connectivity index (χ3n) is 3.64. The fraction of sp³-hybridized carbons (Fsp3) is 0.278. The van der Waals surface area contributed by atoms with E-state index < -0.39 is 0 Å². The van der Waals surface area contributed by atoms with Crippen LogP contribution in [0.2, 0.25) is 0 Å². The molecule has 0 unspecified atom stereocenters. The molecule has 0 aliphatic heterocycles. The quantitative estimate of drug-likeness (QED) is 0.803. The Bertz CT molecular complexity index is 876. The SMILES string of the molecule is COc1ccc(NC(=O)c2nc(C(C)(C)C)n3ccccc23)cn1. The highest BCUT2D eigenvalue weighted by Crippen LogP contribution is 2.25. The number of nitrogens with one attached hydrogen (secondary N) is 1. The zero-order chi connectivity index (χ0) is 17.3.